The number of hydrogen-bond acceptors (Lipinski definition) is 2. The standard InChI is InChI=1S/C25H28F6N2/c26-24(27,28)13-14-33-22-12-5-4-11-21(22)32(16-18-7-2-1-3-8-18)17-23(33)19-9-6-10-20(15-19)25(29,30)31/h4-6,9-12,15,18,23H,1-3,7-8,13-14,16-17H2. The minimum absolute atomic E-state index is 0.307. The van der Waals surface area contributed by atoms with Gasteiger partial charge in [0.05, 0.1) is 29.4 Å². The summed E-state index contributed by atoms with van der Waals surface area (Å²) in [5.74, 6) is 0.482. The van der Waals surface area contributed by atoms with Gasteiger partial charge in [-0.05, 0) is 48.6 Å². The van der Waals surface area contributed by atoms with Crippen molar-refractivity contribution in [1.29, 1.82) is 0 Å². The van der Waals surface area contributed by atoms with Crippen LogP contribution >= 0.6 is 0 Å². The number of nitrogens with zero attached hydrogens (tertiary/aromatic N) is 2. The van der Waals surface area contributed by atoms with Gasteiger partial charge in [-0.15, -0.1) is 0 Å². The lowest BCUT2D eigenvalue weighted by molar-refractivity contribution is -0.137. The zero-order chi connectivity index (χ0) is 23.6. The molecule has 1 unspecified atom stereocenters. The highest BCUT2D eigenvalue weighted by molar-refractivity contribution is 5.74. The highest BCUT2D eigenvalue weighted by Gasteiger charge is 2.37. The van der Waals surface area contributed by atoms with E-state index in [1.165, 1.54) is 12.5 Å². The van der Waals surface area contributed by atoms with Gasteiger partial charge in [-0.1, -0.05) is 43.5 Å². The molecule has 2 aromatic rings. The predicted molar refractivity (Wildman–Crippen MR) is 117 cm³/mol. The third-order valence-electron chi connectivity index (χ3n) is 6.74. The Morgan fingerprint density at radius 3 is 2.18 bits per heavy atom. The van der Waals surface area contributed by atoms with E-state index in [0.717, 1.165) is 50.0 Å². The van der Waals surface area contributed by atoms with Gasteiger partial charge in [0, 0.05) is 19.6 Å². The SMILES string of the molecule is FC(F)(F)CCN1c2ccccc2N(CC2CCCCC2)CC1c1cccc(C(F)(F)F)c1. The molecule has 0 spiro atoms. The fraction of sp³-hybridized carbons (Fsp3) is 0.520. The van der Waals surface area contributed by atoms with Crippen LogP contribution in [0.2, 0.25) is 0 Å². The van der Waals surface area contributed by atoms with Crippen LogP contribution in [0, 0.1) is 5.92 Å². The van der Waals surface area contributed by atoms with E-state index < -0.39 is 30.4 Å². The van der Waals surface area contributed by atoms with Crippen molar-refractivity contribution in [3.8, 4) is 0 Å². The number of para-hydroxylation sites is 2. The molecule has 2 aromatic carbocycles. The van der Waals surface area contributed by atoms with Crippen molar-refractivity contribution in [2.24, 2.45) is 5.92 Å². The van der Waals surface area contributed by atoms with Gasteiger partial charge < -0.3 is 9.80 Å². The smallest absolute Gasteiger partial charge is 0.367 e. The van der Waals surface area contributed by atoms with Crippen molar-refractivity contribution >= 4 is 11.4 Å². The van der Waals surface area contributed by atoms with E-state index in [1.807, 2.05) is 12.1 Å². The number of hydrogen-bond donors (Lipinski definition) is 0. The maximum absolute atomic E-state index is 13.4. The first-order chi connectivity index (χ1) is 15.6. The van der Waals surface area contributed by atoms with Crippen LogP contribution in [0.4, 0.5) is 37.7 Å². The third kappa shape index (κ3) is 5.76. The molecule has 1 aliphatic heterocycles. The van der Waals surface area contributed by atoms with Crippen molar-refractivity contribution < 1.29 is 26.3 Å². The van der Waals surface area contributed by atoms with Crippen molar-refractivity contribution in [3.05, 3.63) is 59.7 Å². The minimum Gasteiger partial charge on any atom is -0.367 e. The van der Waals surface area contributed by atoms with Crippen LogP contribution in [0.15, 0.2) is 48.5 Å². The van der Waals surface area contributed by atoms with E-state index in [2.05, 4.69) is 4.90 Å². The van der Waals surface area contributed by atoms with Crippen molar-refractivity contribution in [3.63, 3.8) is 0 Å². The van der Waals surface area contributed by atoms with Crippen LogP contribution in [0.3, 0.4) is 0 Å². The van der Waals surface area contributed by atoms with Gasteiger partial charge in [-0.25, -0.2) is 0 Å². The molecule has 4 rings (SSSR count). The lowest BCUT2D eigenvalue weighted by Gasteiger charge is -2.46. The number of fused-ring (bicyclic) bond motifs is 1. The van der Waals surface area contributed by atoms with E-state index in [9.17, 15) is 26.3 Å². The summed E-state index contributed by atoms with van der Waals surface area (Å²) in [6.07, 6.45) is -4.16. The summed E-state index contributed by atoms with van der Waals surface area (Å²) in [5.41, 5.74) is 1.10. The second-order valence-electron chi connectivity index (χ2n) is 9.10. The lowest BCUT2D eigenvalue weighted by Crippen LogP contribution is -2.46. The van der Waals surface area contributed by atoms with Crippen molar-refractivity contribution in [1.82, 2.24) is 0 Å². The van der Waals surface area contributed by atoms with Gasteiger partial charge in [-0.2, -0.15) is 26.3 Å². The van der Waals surface area contributed by atoms with Gasteiger partial charge in [-0.3, -0.25) is 0 Å². The first-order valence-corrected chi connectivity index (χ1v) is 11.5. The number of benzene rings is 2. The third-order valence-corrected chi connectivity index (χ3v) is 6.74. The second kappa shape index (κ2) is 9.47. The molecule has 1 aliphatic carbocycles. The quantitative estimate of drug-likeness (QED) is 0.415. The molecular weight excluding hydrogens is 442 g/mol. The monoisotopic (exact) mass is 470 g/mol. The van der Waals surface area contributed by atoms with Crippen LogP contribution in [0.5, 0.6) is 0 Å². The summed E-state index contributed by atoms with van der Waals surface area (Å²) in [7, 11) is 0. The number of alkyl halides is 6. The number of rotatable bonds is 5. The zero-order valence-electron chi connectivity index (χ0n) is 18.3. The van der Waals surface area contributed by atoms with Gasteiger partial charge in [0.25, 0.3) is 0 Å². The topological polar surface area (TPSA) is 6.48 Å². The largest absolute Gasteiger partial charge is 0.416 e. The Kier molecular flexibility index (Phi) is 6.82. The zero-order valence-corrected chi connectivity index (χ0v) is 18.3. The molecule has 0 bridgehead atoms. The molecule has 1 saturated carbocycles. The van der Waals surface area contributed by atoms with Crippen LogP contribution in [0.1, 0.15) is 55.7 Å². The molecular formula is C25H28F6N2. The summed E-state index contributed by atoms with van der Waals surface area (Å²) in [6, 6.07) is 11.7. The Balaban J connectivity index is 1.72. The molecule has 2 aliphatic rings. The predicted octanol–water partition coefficient (Wildman–Crippen LogP) is 7.61. The van der Waals surface area contributed by atoms with E-state index in [0.29, 0.717) is 23.7 Å². The Hall–Kier alpha value is -2.38. The molecule has 1 heterocycles. The number of anilines is 2. The van der Waals surface area contributed by atoms with Gasteiger partial charge in [0.15, 0.2) is 0 Å². The average molecular weight is 471 g/mol. The van der Waals surface area contributed by atoms with Crippen LogP contribution in [-0.2, 0) is 6.18 Å². The van der Waals surface area contributed by atoms with Gasteiger partial charge in [0.1, 0.15) is 0 Å². The molecule has 33 heavy (non-hydrogen) atoms. The first kappa shape index (κ1) is 23.8. The normalized spacial score (nSPS) is 20.1. The lowest BCUT2D eigenvalue weighted by atomic mass is 9.88. The Morgan fingerprint density at radius 2 is 1.52 bits per heavy atom. The molecule has 180 valence electrons. The maximum atomic E-state index is 13.4. The second-order valence-corrected chi connectivity index (χ2v) is 9.10. The van der Waals surface area contributed by atoms with E-state index in [4.69, 9.17) is 0 Å². The molecule has 2 nitrogen and oxygen atoms in total. The van der Waals surface area contributed by atoms with Crippen molar-refractivity contribution in [2.75, 3.05) is 29.4 Å². The highest BCUT2D eigenvalue weighted by atomic mass is 19.4. The Morgan fingerprint density at radius 1 is 0.818 bits per heavy atom. The summed E-state index contributed by atoms with van der Waals surface area (Å²) in [4.78, 5) is 3.80. The molecule has 0 aromatic heterocycles. The van der Waals surface area contributed by atoms with Gasteiger partial charge in [0.2, 0.25) is 0 Å². The summed E-state index contributed by atoms with van der Waals surface area (Å²) in [5, 5.41) is 0. The fourth-order valence-corrected chi connectivity index (χ4v) is 5.13. The Bertz CT molecular complexity index is 933. The molecule has 0 N–H and O–H groups in total. The van der Waals surface area contributed by atoms with Crippen molar-refractivity contribution in [2.45, 2.75) is 56.9 Å². The van der Waals surface area contributed by atoms with E-state index in [-0.39, 0.29) is 6.54 Å². The molecule has 1 fully saturated rings. The summed E-state index contributed by atoms with van der Waals surface area (Å²) >= 11 is 0. The fourth-order valence-electron chi connectivity index (χ4n) is 5.13. The summed E-state index contributed by atoms with van der Waals surface area (Å²) < 4.78 is 79.6. The van der Waals surface area contributed by atoms with Crippen LogP contribution in [0.25, 0.3) is 0 Å². The molecule has 8 heteroatoms. The molecule has 0 saturated heterocycles. The first-order valence-electron chi connectivity index (χ1n) is 11.5. The highest BCUT2D eigenvalue weighted by Crippen LogP contribution is 2.43. The van der Waals surface area contributed by atoms with E-state index in [1.54, 1.807) is 23.1 Å². The van der Waals surface area contributed by atoms with Crippen LogP contribution < -0.4 is 9.80 Å². The summed E-state index contributed by atoms with van der Waals surface area (Å²) in [6.45, 7) is 0.810. The maximum Gasteiger partial charge on any atom is 0.416 e. The van der Waals surface area contributed by atoms with Gasteiger partial charge >= 0.3 is 12.4 Å². The number of halogens is 6. The van der Waals surface area contributed by atoms with Crippen LogP contribution in [-0.4, -0.2) is 25.8 Å². The molecule has 0 amide bonds. The minimum atomic E-state index is -4.51. The molecule has 1 atom stereocenters. The van der Waals surface area contributed by atoms with E-state index >= 15 is 0 Å². The molecule has 0 radical (unpaired) electrons. The Labute approximate surface area is 190 Å². The average Bonchev–Trinajstić information content (AvgIpc) is 2.78.